The van der Waals surface area contributed by atoms with E-state index in [2.05, 4.69) is 9.88 Å². The van der Waals surface area contributed by atoms with Crippen molar-refractivity contribution in [3.8, 4) is 0 Å². The van der Waals surface area contributed by atoms with Crippen molar-refractivity contribution in [3.63, 3.8) is 0 Å². The molecule has 0 atom stereocenters. The summed E-state index contributed by atoms with van der Waals surface area (Å²) in [6.45, 7) is 4.27. The summed E-state index contributed by atoms with van der Waals surface area (Å²) in [7, 11) is 0. The zero-order valence-corrected chi connectivity index (χ0v) is 11.0. The molecule has 4 nitrogen and oxygen atoms in total. The summed E-state index contributed by atoms with van der Waals surface area (Å²) in [5.41, 5.74) is 1.09. The lowest BCUT2D eigenvalue weighted by Crippen LogP contribution is -2.44. The highest BCUT2D eigenvalue weighted by Crippen LogP contribution is 2.31. The van der Waals surface area contributed by atoms with Crippen LogP contribution < -0.4 is 0 Å². The van der Waals surface area contributed by atoms with Crippen molar-refractivity contribution in [3.05, 3.63) is 29.0 Å². The van der Waals surface area contributed by atoms with Crippen molar-refractivity contribution in [1.29, 1.82) is 0 Å². The van der Waals surface area contributed by atoms with Crippen LogP contribution in [0.5, 0.6) is 0 Å². The van der Waals surface area contributed by atoms with Crippen molar-refractivity contribution >= 4 is 11.6 Å². The van der Waals surface area contributed by atoms with Crippen molar-refractivity contribution in [1.82, 2.24) is 9.88 Å². The van der Waals surface area contributed by atoms with Gasteiger partial charge in [-0.25, -0.2) is 4.98 Å². The standard InChI is InChI=1S/C13H17ClN2O2/c14-12-11(2-1-5-15-12)10-16-6-3-13(4-7-16)17-8-9-18-13/h1-2,5H,3-4,6-10H2. The maximum absolute atomic E-state index is 6.08. The second-order valence-electron chi connectivity index (χ2n) is 4.84. The number of rotatable bonds is 2. The van der Waals surface area contributed by atoms with Gasteiger partial charge in [0.25, 0.3) is 0 Å². The molecule has 2 fully saturated rings. The first kappa shape index (κ1) is 12.4. The molecule has 0 radical (unpaired) electrons. The fourth-order valence-corrected chi connectivity index (χ4v) is 2.79. The summed E-state index contributed by atoms with van der Waals surface area (Å²) in [6.07, 6.45) is 3.59. The van der Waals surface area contributed by atoms with Gasteiger partial charge in [0.05, 0.1) is 13.2 Å². The van der Waals surface area contributed by atoms with Gasteiger partial charge in [-0.05, 0) is 6.07 Å². The molecule has 1 aromatic rings. The van der Waals surface area contributed by atoms with Crippen LogP contribution in [0.3, 0.4) is 0 Å². The van der Waals surface area contributed by atoms with E-state index < -0.39 is 0 Å². The molecule has 1 aromatic heterocycles. The molecule has 0 bridgehead atoms. The Balaban J connectivity index is 1.59. The number of ether oxygens (including phenoxy) is 2. The molecule has 1 spiro atoms. The molecule has 0 aromatic carbocycles. The third kappa shape index (κ3) is 2.52. The molecule has 98 valence electrons. The molecule has 5 heteroatoms. The van der Waals surface area contributed by atoms with Gasteiger partial charge >= 0.3 is 0 Å². The first-order chi connectivity index (χ1) is 8.77. The maximum atomic E-state index is 6.08. The van der Waals surface area contributed by atoms with Gasteiger partial charge in [0.15, 0.2) is 5.79 Å². The molecule has 2 aliphatic heterocycles. The largest absolute Gasteiger partial charge is 0.347 e. The fourth-order valence-electron chi connectivity index (χ4n) is 2.62. The summed E-state index contributed by atoms with van der Waals surface area (Å²) >= 11 is 6.08. The van der Waals surface area contributed by atoms with Gasteiger partial charge in [-0.1, -0.05) is 17.7 Å². The van der Waals surface area contributed by atoms with E-state index in [1.54, 1.807) is 6.20 Å². The monoisotopic (exact) mass is 268 g/mol. The van der Waals surface area contributed by atoms with Gasteiger partial charge in [0.2, 0.25) is 0 Å². The Morgan fingerprint density at radius 3 is 2.67 bits per heavy atom. The first-order valence-corrected chi connectivity index (χ1v) is 6.75. The Morgan fingerprint density at radius 2 is 2.00 bits per heavy atom. The first-order valence-electron chi connectivity index (χ1n) is 6.37. The molecule has 3 rings (SSSR count). The summed E-state index contributed by atoms with van der Waals surface area (Å²) < 4.78 is 11.4. The van der Waals surface area contributed by atoms with E-state index >= 15 is 0 Å². The minimum atomic E-state index is -0.296. The summed E-state index contributed by atoms with van der Waals surface area (Å²) in [5.74, 6) is -0.296. The van der Waals surface area contributed by atoms with E-state index in [4.69, 9.17) is 21.1 Å². The lowest BCUT2D eigenvalue weighted by Gasteiger charge is -2.37. The number of likely N-dealkylation sites (tertiary alicyclic amines) is 1. The van der Waals surface area contributed by atoms with Crippen molar-refractivity contribution < 1.29 is 9.47 Å². The highest BCUT2D eigenvalue weighted by Gasteiger charge is 2.39. The smallest absolute Gasteiger partial charge is 0.170 e. The Hall–Kier alpha value is -0.680. The SMILES string of the molecule is Clc1ncccc1CN1CCC2(CC1)OCCO2. The topological polar surface area (TPSA) is 34.6 Å². The van der Waals surface area contributed by atoms with Crippen LogP contribution in [0, 0.1) is 0 Å². The number of nitrogens with zero attached hydrogens (tertiary/aromatic N) is 2. The quantitative estimate of drug-likeness (QED) is 0.769. The van der Waals surface area contributed by atoms with Gasteiger partial charge in [-0.3, -0.25) is 4.90 Å². The summed E-state index contributed by atoms with van der Waals surface area (Å²) in [4.78, 5) is 6.48. The number of hydrogen-bond acceptors (Lipinski definition) is 4. The minimum Gasteiger partial charge on any atom is -0.347 e. The zero-order chi connectivity index (χ0) is 12.4. The number of piperidine rings is 1. The van der Waals surface area contributed by atoms with Gasteiger partial charge in [0, 0.05) is 44.2 Å². The van der Waals surface area contributed by atoms with E-state index in [1.165, 1.54) is 0 Å². The lowest BCUT2D eigenvalue weighted by molar-refractivity contribution is -0.185. The average Bonchev–Trinajstić information content (AvgIpc) is 2.84. The van der Waals surface area contributed by atoms with Crippen LogP contribution in [0.4, 0.5) is 0 Å². The van der Waals surface area contributed by atoms with E-state index in [1.807, 2.05) is 12.1 Å². The second kappa shape index (κ2) is 5.13. The van der Waals surface area contributed by atoms with Crippen molar-refractivity contribution in [2.45, 2.75) is 25.2 Å². The molecule has 0 aliphatic carbocycles. The van der Waals surface area contributed by atoms with Crippen LogP contribution in [-0.2, 0) is 16.0 Å². The third-order valence-electron chi connectivity index (χ3n) is 3.66. The molecule has 0 saturated carbocycles. The molecule has 0 N–H and O–H groups in total. The van der Waals surface area contributed by atoms with E-state index in [9.17, 15) is 0 Å². The predicted octanol–water partition coefficient (Wildman–Crippen LogP) is 2.07. The number of aromatic nitrogens is 1. The van der Waals surface area contributed by atoms with E-state index in [0.29, 0.717) is 5.15 Å². The number of halogens is 1. The Bertz CT molecular complexity index is 411. The number of pyridine rings is 1. The second-order valence-corrected chi connectivity index (χ2v) is 5.20. The Kier molecular flexibility index (Phi) is 3.52. The van der Waals surface area contributed by atoms with Crippen LogP contribution in [0.25, 0.3) is 0 Å². The van der Waals surface area contributed by atoms with Gasteiger partial charge in [-0.2, -0.15) is 0 Å². The predicted molar refractivity (Wildman–Crippen MR) is 68.4 cm³/mol. The molecular formula is C13H17ClN2O2. The average molecular weight is 269 g/mol. The van der Waals surface area contributed by atoms with Crippen LogP contribution in [-0.4, -0.2) is 42.0 Å². The lowest BCUT2D eigenvalue weighted by atomic mass is 10.0. The number of hydrogen-bond donors (Lipinski definition) is 0. The van der Waals surface area contributed by atoms with E-state index in [0.717, 1.165) is 51.3 Å². The molecular weight excluding hydrogens is 252 g/mol. The van der Waals surface area contributed by atoms with Crippen LogP contribution >= 0.6 is 11.6 Å². The van der Waals surface area contributed by atoms with Crippen LogP contribution in [0.15, 0.2) is 18.3 Å². The highest BCUT2D eigenvalue weighted by molar-refractivity contribution is 6.30. The zero-order valence-electron chi connectivity index (χ0n) is 10.3. The molecule has 2 aliphatic rings. The van der Waals surface area contributed by atoms with E-state index in [-0.39, 0.29) is 5.79 Å². The van der Waals surface area contributed by atoms with Crippen molar-refractivity contribution in [2.24, 2.45) is 0 Å². The molecule has 3 heterocycles. The molecule has 0 unspecified atom stereocenters. The Labute approximate surface area is 112 Å². The normalized spacial score (nSPS) is 23.6. The minimum absolute atomic E-state index is 0.296. The summed E-state index contributed by atoms with van der Waals surface area (Å²) in [6, 6.07) is 3.96. The third-order valence-corrected chi connectivity index (χ3v) is 4.00. The summed E-state index contributed by atoms with van der Waals surface area (Å²) in [5, 5.41) is 0.603. The van der Waals surface area contributed by atoms with Gasteiger partial charge < -0.3 is 9.47 Å². The van der Waals surface area contributed by atoms with Crippen molar-refractivity contribution in [2.75, 3.05) is 26.3 Å². The Morgan fingerprint density at radius 1 is 1.28 bits per heavy atom. The van der Waals surface area contributed by atoms with Gasteiger partial charge in [-0.15, -0.1) is 0 Å². The van der Waals surface area contributed by atoms with Gasteiger partial charge in [0.1, 0.15) is 5.15 Å². The molecule has 0 amide bonds. The highest BCUT2D eigenvalue weighted by atomic mass is 35.5. The van der Waals surface area contributed by atoms with Crippen LogP contribution in [0.1, 0.15) is 18.4 Å². The van der Waals surface area contributed by atoms with Crippen LogP contribution in [0.2, 0.25) is 5.15 Å². The molecule has 2 saturated heterocycles. The fraction of sp³-hybridized carbons (Fsp3) is 0.615. The molecule has 18 heavy (non-hydrogen) atoms. The maximum Gasteiger partial charge on any atom is 0.170 e.